The molecule has 0 unspecified atom stereocenters. The summed E-state index contributed by atoms with van der Waals surface area (Å²) in [6, 6.07) is 5.87. The van der Waals surface area contributed by atoms with E-state index in [1.54, 1.807) is 12.4 Å². The van der Waals surface area contributed by atoms with Crippen molar-refractivity contribution in [1.29, 1.82) is 0 Å². The van der Waals surface area contributed by atoms with Crippen molar-refractivity contribution in [3.05, 3.63) is 30.0 Å². The van der Waals surface area contributed by atoms with Crippen LogP contribution in [0.4, 0.5) is 0 Å². The first-order valence-electron chi connectivity index (χ1n) is 5.23. The van der Waals surface area contributed by atoms with Crippen LogP contribution in [-0.2, 0) is 0 Å². The lowest BCUT2D eigenvalue weighted by atomic mass is 10.1. The van der Waals surface area contributed by atoms with E-state index in [1.165, 1.54) is 4.74 Å². The van der Waals surface area contributed by atoms with Crippen molar-refractivity contribution in [2.45, 2.75) is 26.3 Å². The van der Waals surface area contributed by atoms with Gasteiger partial charge >= 0.3 is 0 Å². The summed E-state index contributed by atoms with van der Waals surface area (Å²) in [5, 5.41) is 17.8. The SMILES string of the molecule is CC(C)(C)/[N+](O)=C/c1cccc2cn[nH]c12. The Bertz CT molecular complexity index is 534. The first kappa shape index (κ1) is 10.7. The van der Waals surface area contributed by atoms with Crippen LogP contribution < -0.4 is 0 Å². The van der Waals surface area contributed by atoms with Gasteiger partial charge in [-0.15, -0.1) is 0 Å². The summed E-state index contributed by atoms with van der Waals surface area (Å²) >= 11 is 0. The predicted octanol–water partition coefficient (Wildman–Crippen LogP) is 2.18. The van der Waals surface area contributed by atoms with Gasteiger partial charge in [-0.05, 0) is 10.8 Å². The summed E-state index contributed by atoms with van der Waals surface area (Å²) in [5.41, 5.74) is 1.54. The number of para-hydroxylation sites is 1. The number of nitrogens with zero attached hydrogens (tertiary/aromatic N) is 2. The van der Waals surface area contributed by atoms with E-state index < -0.39 is 0 Å². The number of nitrogens with one attached hydrogen (secondary N) is 1. The van der Waals surface area contributed by atoms with Gasteiger partial charge in [0.15, 0.2) is 0 Å². The fourth-order valence-electron chi connectivity index (χ4n) is 1.42. The number of fused-ring (bicyclic) bond motifs is 1. The van der Waals surface area contributed by atoms with Crippen LogP contribution in [0.3, 0.4) is 0 Å². The number of benzene rings is 1. The lowest BCUT2D eigenvalue weighted by molar-refractivity contribution is -0.816. The van der Waals surface area contributed by atoms with Gasteiger partial charge in [0, 0.05) is 26.2 Å². The molecule has 2 aromatic rings. The predicted molar refractivity (Wildman–Crippen MR) is 63.1 cm³/mol. The van der Waals surface area contributed by atoms with Crippen LogP contribution in [0.1, 0.15) is 26.3 Å². The van der Waals surface area contributed by atoms with Crippen LogP contribution in [0.5, 0.6) is 0 Å². The second-order valence-corrected chi connectivity index (χ2v) is 4.83. The Morgan fingerprint density at radius 1 is 1.38 bits per heavy atom. The standard InChI is InChI=1S/C12H15N3O/c1-12(2,3)15(16)8-10-6-4-5-9-7-13-14-11(9)10/h4-8,16H,1-3H3/p+1. The van der Waals surface area contributed by atoms with E-state index in [0.29, 0.717) is 0 Å². The van der Waals surface area contributed by atoms with E-state index in [1.807, 2.05) is 39.0 Å². The van der Waals surface area contributed by atoms with Crippen LogP contribution in [0.25, 0.3) is 10.9 Å². The third kappa shape index (κ3) is 1.91. The largest absolute Gasteiger partial charge is 0.290 e. The third-order valence-electron chi connectivity index (χ3n) is 2.46. The molecule has 0 bridgehead atoms. The van der Waals surface area contributed by atoms with Crippen molar-refractivity contribution in [3.63, 3.8) is 0 Å². The molecular weight excluding hydrogens is 202 g/mol. The van der Waals surface area contributed by atoms with Crippen LogP contribution in [0, 0.1) is 0 Å². The van der Waals surface area contributed by atoms with Crippen molar-refractivity contribution < 1.29 is 9.95 Å². The molecular formula is C12H16N3O+. The Labute approximate surface area is 94.2 Å². The number of hydroxylamine groups is 1. The van der Waals surface area contributed by atoms with Crippen LogP contribution in [0.2, 0.25) is 0 Å². The molecule has 0 fully saturated rings. The molecule has 4 nitrogen and oxygen atoms in total. The van der Waals surface area contributed by atoms with Gasteiger partial charge in [0.25, 0.3) is 0 Å². The number of H-pyrrole nitrogens is 1. The lowest BCUT2D eigenvalue weighted by Crippen LogP contribution is -2.31. The average molecular weight is 218 g/mol. The van der Waals surface area contributed by atoms with Gasteiger partial charge in [0.1, 0.15) is 0 Å². The van der Waals surface area contributed by atoms with Gasteiger partial charge in [-0.25, -0.2) is 0 Å². The van der Waals surface area contributed by atoms with Crippen LogP contribution in [-0.4, -0.2) is 31.9 Å². The molecule has 1 heterocycles. The lowest BCUT2D eigenvalue weighted by Gasteiger charge is -2.09. The van der Waals surface area contributed by atoms with Gasteiger partial charge in [-0.1, -0.05) is 12.1 Å². The summed E-state index contributed by atoms with van der Waals surface area (Å²) in [6.45, 7) is 5.82. The first-order valence-corrected chi connectivity index (χ1v) is 5.23. The number of rotatable bonds is 1. The van der Waals surface area contributed by atoms with Gasteiger partial charge in [-0.2, -0.15) is 5.10 Å². The molecule has 4 heteroatoms. The van der Waals surface area contributed by atoms with Crippen LogP contribution in [0.15, 0.2) is 24.4 Å². The number of aromatic amines is 1. The third-order valence-corrected chi connectivity index (χ3v) is 2.46. The highest BCUT2D eigenvalue weighted by atomic mass is 16.5. The maximum atomic E-state index is 9.88. The molecule has 16 heavy (non-hydrogen) atoms. The van der Waals surface area contributed by atoms with Gasteiger partial charge in [-0.3, -0.25) is 10.3 Å². The maximum Gasteiger partial charge on any atom is 0.225 e. The highest BCUT2D eigenvalue weighted by Gasteiger charge is 2.24. The summed E-state index contributed by atoms with van der Waals surface area (Å²) in [4.78, 5) is 0. The van der Waals surface area contributed by atoms with Crippen molar-refractivity contribution in [3.8, 4) is 0 Å². The molecule has 84 valence electrons. The molecule has 1 aromatic carbocycles. The van der Waals surface area contributed by atoms with E-state index in [-0.39, 0.29) is 5.54 Å². The summed E-state index contributed by atoms with van der Waals surface area (Å²) in [6.07, 6.45) is 3.48. The Morgan fingerprint density at radius 3 is 2.81 bits per heavy atom. The Morgan fingerprint density at radius 2 is 2.12 bits per heavy atom. The number of hydrogen-bond donors (Lipinski definition) is 2. The van der Waals surface area contributed by atoms with E-state index >= 15 is 0 Å². The molecule has 0 radical (unpaired) electrons. The second kappa shape index (κ2) is 3.63. The minimum Gasteiger partial charge on any atom is -0.290 e. The molecule has 0 aliphatic rings. The van der Waals surface area contributed by atoms with Crippen molar-refractivity contribution in [2.75, 3.05) is 0 Å². The average Bonchev–Trinajstić information content (AvgIpc) is 2.65. The second-order valence-electron chi connectivity index (χ2n) is 4.83. The zero-order valence-electron chi connectivity index (χ0n) is 9.73. The Balaban J connectivity index is 2.52. The Kier molecular flexibility index (Phi) is 2.42. The minimum absolute atomic E-state index is 0.317. The van der Waals surface area contributed by atoms with E-state index in [4.69, 9.17) is 0 Å². The molecule has 2 rings (SSSR count). The molecule has 0 atom stereocenters. The molecule has 0 aliphatic heterocycles. The topological polar surface area (TPSA) is 51.9 Å². The fourth-order valence-corrected chi connectivity index (χ4v) is 1.42. The molecule has 0 saturated carbocycles. The smallest absolute Gasteiger partial charge is 0.225 e. The molecule has 1 aromatic heterocycles. The van der Waals surface area contributed by atoms with E-state index in [2.05, 4.69) is 10.2 Å². The van der Waals surface area contributed by atoms with Gasteiger partial charge < -0.3 is 0 Å². The van der Waals surface area contributed by atoms with E-state index in [0.717, 1.165) is 16.5 Å². The van der Waals surface area contributed by atoms with Crippen molar-refractivity contribution in [1.82, 2.24) is 10.2 Å². The maximum absolute atomic E-state index is 9.88. The fraction of sp³-hybridized carbons (Fsp3) is 0.333. The van der Waals surface area contributed by atoms with E-state index in [9.17, 15) is 5.21 Å². The summed E-state index contributed by atoms with van der Waals surface area (Å²) < 4.78 is 1.21. The van der Waals surface area contributed by atoms with Crippen molar-refractivity contribution >= 4 is 17.1 Å². The minimum atomic E-state index is -0.317. The van der Waals surface area contributed by atoms with Crippen LogP contribution >= 0.6 is 0 Å². The molecule has 0 amide bonds. The summed E-state index contributed by atoms with van der Waals surface area (Å²) in [7, 11) is 0. The number of hydrogen-bond acceptors (Lipinski definition) is 2. The normalized spacial score (nSPS) is 13.3. The zero-order chi connectivity index (χ0) is 11.8. The highest BCUT2D eigenvalue weighted by molar-refractivity contribution is 5.95. The quantitative estimate of drug-likeness (QED) is 0.333. The first-order chi connectivity index (χ1) is 7.48. The molecule has 0 saturated heterocycles. The van der Waals surface area contributed by atoms with Gasteiger partial charge in [0.2, 0.25) is 11.8 Å². The number of aromatic nitrogens is 2. The van der Waals surface area contributed by atoms with Gasteiger partial charge in [0.05, 0.1) is 17.3 Å². The molecule has 2 N–H and O–H groups in total. The molecule has 0 spiro atoms. The van der Waals surface area contributed by atoms with Crippen molar-refractivity contribution in [2.24, 2.45) is 0 Å². The monoisotopic (exact) mass is 218 g/mol. The Hall–Kier alpha value is -1.84. The molecule has 0 aliphatic carbocycles. The zero-order valence-corrected chi connectivity index (χ0v) is 9.73. The summed E-state index contributed by atoms with van der Waals surface area (Å²) in [5.74, 6) is 0. The highest BCUT2D eigenvalue weighted by Crippen LogP contribution is 2.14.